The third-order valence-corrected chi connectivity index (χ3v) is 3.54. The van der Waals surface area contributed by atoms with Crippen LogP contribution in [0.5, 0.6) is 0 Å². The molecular formula is C15H20N2O3. The number of anilines is 2. The second kappa shape index (κ2) is 6.05. The van der Waals surface area contributed by atoms with E-state index in [-0.39, 0.29) is 0 Å². The minimum atomic E-state index is -0.463. The molecule has 1 aliphatic heterocycles. The molecule has 0 bridgehead atoms. The van der Waals surface area contributed by atoms with Gasteiger partial charge in [-0.3, -0.25) is 9.59 Å². The van der Waals surface area contributed by atoms with E-state index in [1.54, 1.807) is 13.1 Å². The first-order valence-electron chi connectivity index (χ1n) is 6.89. The summed E-state index contributed by atoms with van der Waals surface area (Å²) in [6, 6.07) is 5.52. The maximum Gasteiger partial charge on any atom is 0.299 e. The highest BCUT2D eigenvalue weighted by Gasteiger charge is 2.33. The van der Waals surface area contributed by atoms with Gasteiger partial charge in [0.2, 0.25) is 0 Å². The fourth-order valence-corrected chi connectivity index (χ4v) is 2.35. The van der Waals surface area contributed by atoms with Crippen molar-refractivity contribution in [3.8, 4) is 0 Å². The van der Waals surface area contributed by atoms with Crippen LogP contribution in [0.25, 0.3) is 0 Å². The predicted molar refractivity (Wildman–Crippen MR) is 78.6 cm³/mol. The number of Topliss-reactive ketones (excluding diaryl/α,β-unsaturated/α-hetero) is 1. The van der Waals surface area contributed by atoms with Crippen LogP contribution in [-0.2, 0) is 9.53 Å². The van der Waals surface area contributed by atoms with Gasteiger partial charge < -0.3 is 14.5 Å². The minimum absolute atomic E-state index is 0.425. The van der Waals surface area contributed by atoms with Crippen LogP contribution < -0.4 is 9.80 Å². The fourth-order valence-electron chi connectivity index (χ4n) is 2.35. The summed E-state index contributed by atoms with van der Waals surface area (Å²) in [5.41, 5.74) is 2.18. The van der Waals surface area contributed by atoms with E-state index >= 15 is 0 Å². The van der Waals surface area contributed by atoms with Crippen molar-refractivity contribution in [1.29, 1.82) is 0 Å². The van der Waals surface area contributed by atoms with Gasteiger partial charge in [0.05, 0.1) is 17.9 Å². The molecule has 0 spiro atoms. The number of carbonyl (C=O) groups excluding carboxylic acids is 2. The number of hydrogen-bond acceptors (Lipinski definition) is 4. The van der Waals surface area contributed by atoms with Crippen molar-refractivity contribution in [3.05, 3.63) is 23.8 Å². The average Bonchev–Trinajstić information content (AvgIpc) is 2.68. The molecule has 0 atom stereocenters. The number of nitrogens with zero attached hydrogens (tertiary/aromatic N) is 2. The van der Waals surface area contributed by atoms with Crippen molar-refractivity contribution in [2.45, 2.75) is 13.8 Å². The Hall–Kier alpha value is -1.88. The van der Waals surface area contributed by atoms with Gasteiger partial charge in [-0.2, -0.15) is 0 Å². The topological polar surface area (TPSA) is 49.9 Å². The molecule has 0 aromatic heterocycles. The summed E-state index contributed by atoms with van der Waals surface area (Å²) in [6.07, 6.45) is 0. The Kier molecular flexibility index (Phi) is 4.39. The first-order chi connectivity index (χ1) is 9.60. The van der Waals surface area contributed by atoms with E-state index in [4.69, 9.17) is 4.74 Å². The van der Waals surface area contributed by atoms with E-state index in [0.717, 1.165) is 18.8 Å². The Morgan fingerprint density at radius 1 is 1.25 bits per heavy atom. The van der Waals surface area contributed by atoms with Gasteiger partial charge in [-0.25, -0.2) is 0 Å². The molecule has 1 aliphatic rings. The van der Waals surface area contributed by atoms with Crippen LogP contribution in [0.4, 0.5) is 11.4 Å². The lowest BCUT2D eigenvalue weighted by Gasteiger charge is -2.24. The van der Waals surface area contributed by atoms with E-state index in [2.05, 4.69) is 11.8 Å². The smallest absolute Gasteiger partial charge is 0.299 e. The molecule has 1 amide bonds. The lowest BCUT2D eigenvalue weighted by atomic mass is 10.1. The van der Waals surface area contributed by atoms with E-state index in [0.29, 0.717) is 24.5 Å². The third-order valence-electron chi connectivity index (χ3n) is 3.54. The Bertz CT molecular complexity index is 528. The molecule has 0 radical (unpaired) electrons. The van der Waals surface area contributed by atoms with Gasteiger partial charge in [0.15, 0.2) is 0 Å². The lowest BCUT2D eigenvalue weighted by Crippen LogP contribution is -2.27. The SMILES string of the molecule is CCOCCN(CC)c1ccc2c(c1)N(C)C(=O)C2=O. The van der Waals surface area contributed by atoms with Crippen molar-refractivity contribution in [3.63, 3.8) is 0 Å². The molecule has 5 heteroatoms. The first kappa shape index (κ1) is 14.5. The number of ether oxygens (including phenoxy) is 1. The van der Waals surface area contributed by atoms with Gasteiger partial charge in [-0.05, 0) is 32.0 Å². The van der Waals surface area contributed by atoms with Gasteiger partial charge in [0, 0.05) is 32.4 Å². The quantitative estimate of drug-likeness (QED) is 0.586. The average molecular weight is 276 g/mol. The van der Waals surface area contributed by atoms with Crippen molar-refractivity contribution in [2.75, 3.05) is 43.2 Å². The van der Waals surface area contributed by atoms with Gasteiger partial charge in [0.25, 0.3) is 11.7 Å². The lowest BCUT2D eigenvalue weighted by molar-refractivity contribution is -0.114. The predicted octanol–water partition coefficient (Wildman–Crippen LogP) is 1.71. The summed E-state index contributed by atoms with van der Waals surface area (Å²) in [6.45, 7) is 7.03. The van der Waals surface area contributed by atoms with Gasteiger partial charge in [-0.15, -0.1) is 0 Å². The number of likely N-dealkylation sites (N-methyl/N-ethyl adjacent to an activating group) is 2. The third kappa shape index (κ3) is 2.54. The summed E-state index contributed by atoms with van der Waals surface area (Å²) >= 11 is 0. The molecule has 0 fully saturated rings. The van der Waals surface area contributed by atoms with Gasteiger partial charge >= 0.3 is 0 Å². The molecule has 1 aromatic carbocycles. The first-order valence-corrected chi connectivity index (χ1v) is 6.89. The Balaban J connectivity index is 2.22. The van der Waals surface area contributed by atoms with Crippen LogP contribution in [0, 0.1) is 0 Å². The number of ketones is 1. The summed E-state index contributed by atoms with van der Waals surface area (Å²) in [7, 11) is 1.63. The molecule has 0 saturated heterocycles. The molecule has 1 aromatic rings. The van der Waals surface area contributed by atoms with Gasteiger partial charge in [-0.1, -0.05) is 0 Å². The Labute approximate surface area is 119 Å². The molecule has 0 unspecified atom stereocenters. The second-order valence-corrected chi connectivity index (χ2v) is 4.67. The zero-order valence-corrected chi connectivity index (χ0v) is 12.2. The number of amides is 1. The van der Waals surface area contributed by atoms with Crippen molar-refractivity contribution < 1.29 is 14.3 Å². The second-order valence-electron chi connectivity index (χ2n) is 4.67. The van der Waals surface area contributed by atoms with E-state index in [1.807, 2.05) is 19.1 Å². The fraction of sp³-hybridized carbons (Fsp3) is 0.467. The van der Waals surface area contributed by atoms with Gasteiger partial charge in [0.1, 0.15) is 0 Å². The zero-order valence-electron chi connectivity index (χ0n) is 12.2. The van der Waals surface area contributed by atoms with E-state index < -0.39 is 11.7 Å². The molecule has 1 heterocycles. The standard InChI is InChI=1S/C15H20N2O3/c1-4-17(8-9-20-5-2)11-6-7-12-13(10-11)16(3)15(19)14(12)18/h6-7,10H,4-5,8-9H2,1-3H3. The summed E-state index contributed by atoms with van der Waals surface area (Å²) < 4.78 is 5.37. The largest absolute Gasteiger partial charge is 0.380 e. The minimum Gasteiger partial charge on any atom is -0.380 e. The number of carbonyl (C=O) groups is 2. The highest BCUT2D eigenvalue weighted by atomic mass is 16.5. The molecule has 0 saturated carbocycles. The molecule has 2 rings (SSSR count). The monoisotopic (exact) mass is 276 g/mol. The Morgan fingerprint density at radius 2 is 2.00 bits per heavy atom. The van der Waals surface area contributed by atoms with Crippen molar-refractivity contribution in [1.82, 2.24) is 0 Å². The Morgan fingerprint density at radius 3 is 2.65 bits per heavy atom. The van der Waals surface area contributed by atoms with E-state index in [9.17, 15) is 9.59 Å². The summed E-state index contributed by atoms with van der Waals surface area (Å²) in [5, 5.41) is 0. The summed E-state index contributed by atoms with van der Waals surface area (Å²) in [4.78, 5) is 27.0. The van der Waals surface area contributed by atoms with Crippen LogP contribution in [0.2, 0.25) is 0 Å². The van der Waals surface area contributed by atoms with E-state index in [1.165, 1.54) is 4.90 Å². The van der Waals surface area contributed by atoms with Crippen LogP contribution in [0.3, 0.4) is 0 Å². The number of hydrogen-bond donors (Lipinski definition) is 0. The molecule has 108 valence electrons. The molecule has 0 N–H and O–H groups in total. The highest BCUT2D eigenvalue weighted by Crippen LogP contribution is 2.31. The molecule has 0 aliphatic carbocycles. The maximum atomic E-state index is 11.7. The number of benzene rings is 1. The maximum absolute atomic E-state index is 11.7. The highest BCUT2D eigenvalue weighted by molar-refractivity contribution is 6.52. The van der Waals surface area contributed by atoms with Crippen LogP contribution in [0.1, 0.15) is 24.2 Å². The van der Waals surface area contributed by atoms with Crippen molar-refractivity contribution >= 4 is 23.1 Å². The normalized spacial score (nSPS) is 13.8. The number of fused-ring (bicyclic) bond motifs is 1. The van der Waals surface area contributed by atoms with Crippen LogP contribution in [0.15, 0.2) is 18.2 Å². The van der Waals surface area contributed by atoms with Crippen LogP contribution in [-0.4, -0.2) is 45.0 Å². The van der Waals surface area contributed by atoms with Crippen LogP contribution >= 0.6 is 0 Å². The zero-order chi connectivity index (χ0) is 14.7. The number of rotatable bonds is 6. The molecule has 20 heavy (non-hydrogen) atoms. The molecular weight excluding hydrogens is 256 g/mol. The molecule has 5 nitrogen and oxygen atoms in total. The summed E-state index contributed by atoms with van der Waals surface area (Å²) in [5.74, 6) is -0.888. The van der Waals surface area contributed by atoms with Crippen molar-refractivity contribution in [2.24, 2.45) is 0 Å².